The number of hydrogen-bond acceptors (Lipinski definition) is 3. The first kappa shape index (κ1) is 14.8. The van der Waals surface area contributed by atoms with Crippen LogP contribution in [0.2, 0.25) is 0 Å². The molecule has 1 heterocycles. The smallest absolute Gasteiger partial charge is 0.266 e. The van der Waals surface area contributed by atoms with Crippen molar-refractivity contribution in [1.29, 1.82) is 0 Å². The minimum absolute atomic E-state index is 0.306. The van der Waals surface area contributed by atoms with Crippen LogP contribution >= 0.6 is 0 Å². The summed E-state index contributed by atoms with van der Waals surface area (Å²) < 4.78 is 27.0. The lowest BCUT2D eigenvalue weighted by atomic mass is 10.1. The van der Waals surface area contributed by atoms with E-state index in [0.29, 0.717) is 23.1 Å². The standard InChI is InChI=1S/C14H21N3O2S/c1-3-5-6-11-7-8-12-13(10-11)20(18,19)17-14(16-12)15-9-4-2/h7-8,10H,3-6,9H2,1-2H3,(H2,15,16,17). The summed E-state index contributed by atoms with van der Waals surface area (Å²) in [5.41, 5.74) is 1.64. The van der Waals surface area contributed by atoms with Crippen LogP contribution in [0, 0.1) is 0 Å². The molecule has 0 aromatic heterocycles. The SMILES string of the molecule is CCCCc1ccc2c(c1)S(=O)(=O)NC(=NCCC)N2. The van der Waals surface area contributed by atoms with Gasteiger partial charge in [0, 0.05) is 6.54 Å². The molecule has 0 saturated carbocycles. The number of fused-ring (bicyclic) bond motifs is 1. The molecule has 0 spiro atoms. The van der Waals surface area contributed by atoms with Gasteiger partial charge in [-0.05, 0) is 37.0 Å². The lowest BCUT2D eigenvalue weighted by molar-refractivity contribution is 0.591. The van der Waals surface area contributed by atoms with Crippen molar-refractivity contribution in [3.63, 3.8) is 0 Å². The van der Waals surface area contributed by atoms with Crippen LogP contribution in [0.5, 0.6) is 0 Å². The number of unbranched alkanes of at least 4 members (excludes halogenated alkanes) is 1. The monoisotopic (exact) mass is 295 g/mol. The second-order valence-corrected chi connectivity index (χ2v) is 6.55. The molecular formula is C14H21N3O2S. The molecule has 0 unspecified atom stereocenters. The van der Waals surface area contributed by atoms with Crippen molar-refractivity contribution >= 4 is 21.7 Å². The van der Waals surface area contributed by atoms with Crippen molar-refractivity contribution in [3.8, 4) is 0 Å². The molecule has 20 heavy (non-hydrogen) atoms. The summed E-state index contributed by atoms with van der Waals surface area (Å²) in [6, 6.07) is 5.54. The quantitative estimate of drug-likeness (QED) is 0.876. The molecule has 1 aromatic carbocycles. The zero-order valence-corrected chi connectivity index (χ0v) is 12.8. The highest BCUT2D eigenvalue weighted by molar-refractivity contribution is 7.90. The molecule has 1 aromatic rings. The molecule has 6 heteroatoms. The largest absolute Gasteiger partial charge is 0.324 e. The Morgan fingerprint density at radius 1 is 1.20 bits per heavy atom. The number of hydrogen-bond donors (Lipinski definition) is 2. The molecule has 1 aliphatic heterocycles. The third-order valence-corrected chi connectivity index (χ3v) is 4.51. The molecule has 0 bridgehead atoms. The highest BCUT2D eigenvalue weighted by Gasteiger charge is 2.26. The fraction of sp³-hybridized carbons (Fsp3) is 0.500. The Labute approximate surface area is 120 Å². The summed E-state index contributed by atoms with van der Waals surface area (Å²) in [7, 11) is -3.51. The normalized spacial score (nSPS) is 18.2. The number of sulfonamides is 1. The lowest BCUT2D eigenvalue weighted by Crippen LogP contribution is -2.40. The van der Waals surface area contributed by atoms with Crippen molar-refractivity contribution in [2.75, 3.05) is 11.9 Å². The summed E-state index contributed by atoms with van der Waals surface area (Å²) in [6.45, 7) is 4.71. The van der Waals surface area contributed by atoms with Crippen molar-refractivity contribution < 1.29 is 8.42 Å². The predicted molar refractivity (Wildman–Crippen MR) is 81.6 cm³/mol. The third-order valence-electron chi connectivity index (χ3n) is 3.13. The minimum Gasteiger partial charge on any atom is -0.324 e. The number of aliphatic imine (C=N–C) groups is 1. The maximum absolute atomic E-state index is 12.2. The van der Waals surface area contributed by atoms with Crippen LogP contribution in [-0.2, 0) is 16.4 Å². The van der Waals surface area contributed by atoms with Gasteiger partial charge in [-0.2, -0.15) is 0 Å². The zero-order chi connectivity index (χ0) is 14.6. The van der Waals surface area contributed by atoms with Crippen LogP contribution in [0.1, 0.15) is 38.7 Å². The molecule has 1 aliphatic rings. The van der Waals surface area contributed by atoms with Gasteiger partial charge in [0.2, 0.25) is 5.96 Å². The first-order chi connectivity index (χ1) is 9.56. The van der Waals surface area contributed by atoms with Crippen LogP contribution in [-0.4, -0.2) is 20.9 Å². The van der Waals surface area contributed by atoms with Crippen LogP contribution < -0.4 is 10.0 Å². The molecule has 0 aliphatic carbocycles. The van der Waals surface area contributed by atoms with Gasteiger partial charge in [-0.3, -0.25) is 4.99 Å². The van der Waals surface area contributed by atoms with E-state index in [4.69, 9.17) is 0 Å². The Bertz CT molecular complexity index is 609. The van der Waals surface area contributed by atoms with Gasteiger partial charge in [0.15, 0.2) is 0 Å². The predicted octanol–water partition coefficient (Wildman–Crippen LogP) is 2.50. The van der Waals surface area contributed by atoms with Gasteiger partial charge in [-0.25, -0.2) is 13.1 Å². The van der Waals surface area contributed by atoms with Crippen LogP contribution in [0.25, 0.3) is 0 Å². The molecule has 0 saturated heterocycles. The van der Waals surface area contributed by atoms with E-state index in [1.54, 1.807) is 6.07 Å². The average Bonchev–Trinajstić information content (AvgIpc) is 2.42. The minimum atomic E-state index is -3.51. The van der Waals surface area contributed by atoms with Crippen molar-refractivity contribution in [1.82, 2.24) is 4.72 Å². The van der Waals surface area contributed by atoms with Crippen molar-refractivity contribution in [2.24, 2.45) is 4.99 Å². The number of aryl methyl sites for hydroxylation is 1. The van der Waals surface area contributed by atoms with E-state index in [-0.39, 0.29) is 0 Å². The summed E-state index contributed by atoms with van der Waals surface area (Å²) in [5.74, 6) is 0.306. The van der Waals surface area contributed by atoms with Gasteiger partial charge in [0.1, 0.15) is 4.90 Å². The Hall–Kier alpha value is -1.56. The van der Waals surface area contributed by atoms with E-state index in [9.17, 15) is 8.42 Å². The Morgan fingerprint density at radius 3 is 2.70 bits per heavy atom. The molecule has 2 rings (SSSR count). The molecule has 0 atom stereocenters. The Kier molecular flexibility index (Phi) is 4.65. The molecular weight excluding hydrogens is 274 g/mol. The Morgan fingerprint density at radius 2 is 2.00 bits per heavy atom. The van der Waals surface area contributed by atoms with Gasteiger partial charge >= 0.3 is 0 Å². The summed E-state index contributed by atoms with van der Waals surface area (Å²) in [5, 5.41) is 3.03. The second-order valence-electron chi connectivity index (χ2n) is 4.89. The Balaban J connectivity index is 2.31. The zero-order valence-electron chi connectivity index (χ0n) is 11.9. The maximum atomic E-state index is 12.2. The van der Waals surface area contributed by atoms with Gasteiger partial charge in [0.05, 0.1) is 5.69 Å². The van der Waals surface area contributed by atoms with Gasteiger partial charge < -0.3 is 5.32 Å². The molecule has 0 amide bonds. The molecule has 110 valence electrons. The summed E-state index contributed by atoms with van der Waals surface area (Å²) in [6.07, 6.45) is 3.92. The lowest BCUT2D eigenvalue weighted by Gasteiger charge is -2.22. The number of rotatable bonds is 5. The molecule has 5 nitrogen and oxygen atoms in total. The molecule has 2 N–H and O–H groups in total. The number of nitrogens with zero attached hydrogens (tertiary/aromatic N) is 1. The van der Waals surface area contributed by atoms with E-state index in [0.717, 1.165) is 31.2 Å². The van der Waals surface area contributed by atoms with E-state index >= 15 is 0 Å². The maximum Gasteiger partial charge on any atom is 0.266 e. The van der Waals surface area contributed by atoms with Crippen LogP contribution in [0.4, 0.5) is 5.69 Å². The number of anilines is 1. The van der Waals surface area contributed by atoms with E-state index in [1.807, 2.05) is 19.1 Å². The number of nitrogens with one attached hydrogen (secondary N) is 2. The van der Waals surface area contributed by atoms with Crippen LogP contribution in [0.15, 0.2) is 28.1 Å². The van der Waals surface area contributed by atoms with Gasteiger partial charge in [0.25, 0.3) is 10.0 Å². The molecule has 0 radical (unpaired) electrons. The third kappa shape index (κ3) is 3.30. The number of benzene rings is 1. The summed E-state index contributed by atoms with van der Waals surface area (Å²) in [4.78, 5) is 4.49. The highest BCUT2D eigenvalue weighted by atomic mass is 32.2. The van der Waals surface area contributed by atoms with Gasteiger partial charge in [-0.1, -0.05) is 26.3 Å². The van der Waals surface area contributed by atoms with E-state index in [2.05, 4.69) is 22.0 Å². The topological polar surface area (TPSA) is 70.6 Å². The summed E-state index contributed by atoms with van der Waals surface area (Å²) >= 11 is 0. The van der Waals surface area contributed by atoms with E-state index in [1.165, 1.54) is 0 Å². The number of guanidine groups is 1. The second kappa shape index (κ2) is 6.26. The van der Waals surface area contributed by atoms with Crippen molar-refractivity contribution in [3.05, 3.63) is 23.8 Å². The fourth-order valence-corrected chi connectivity index (χ4v) is 3.25. The highest BCUT2D eigenvalue weighted by Crippen LogP contribution is 2.26. The molecule has 0 fully saturated rings. The first-order valence-electron chi connectivity index (χ1n) is 7.04. The average molecular weight is 295 g/mol. The van der Waals surface area contributed by atoms with E-state index < -0.39 is 10.0 Å². The first-order valence-corrected chi connectivity index (χ1v) is 8.52. The van der Waals surface area contributed by atoms with Gasteiger partial charge in [-0.15, -0.1) is 0 Å². The van der Waals surface area contributed by atoms with Crippen molar-refractivity contribution in [2.45, 2.75) is 44.4 Å². The van der Waals surface area contributed by atoms with Crippen LogP contribution in [0.3, 0.4) is 0 Å². The fourth-order valence-electron chi connectivity index (χ4n) is 2.06.